The average molecular weight is 210 g/mol. The highest BCUT2D eigenvalue weighted by Gasteiger charge is 2.10. The van der Waals surface area contributed by atoms with Gasteiger partial charge in [0.2, 0.25) is 11.8 Å². The third-order valence-electron chi connectivity index (χ3n) is 2.55. The van der Waals surface area contributed by atoms with E-state index in [4.69, 9.17) is 4.74 Å². The Hall–Kier alpha value is -1.16. The maximum atomic E-state index is 12.7. The minimum atomic E-state index is -0.492. The van der Waals surface area contributed by atoms with E-state index in [9.17, 15) is 4.39 Å². The van der Waals surface area contributed by atoms with Crippen LogP contribution in [0, 0.1) is 5.95 Å². The van der Waals surface area contributed by atoms with Crippen molar-refractivity contribution >= 4 is 0 Å². The molecule has 1 saturated heterocycles. The molecule has 0 bridgehead atoms. The van der Waals surface area contributed by atoms with Crippen LogP contribution in [0.3, 0.4) is 0 Å². The number of likely N-dealkylation sites (tertiary alicyclic amines) is 1. The molecule has 15 heavy (non-hydrogen) atoms. The molecular formula is C11H15FN2O. The van der Waals surface area contributed by atoms with Crippen LogP contribution in [0.5, 0.6) is 5.88 Å². The normalized spacial score (nSPS) is 16.9. The van der Waals surface area contributed by atoms with Gasteiger partial charge >= 0.3 is 0 Å². The smallest absolute Gasteiger partial charge is 0.216 e. The van der Waals surface area contributed by atoms with Crippen LogP contribution in [0.4, 0.5) is 4.39 Å². The molecule has 1 aliphatic rings. The molecule has 2 rings (SSSR count). The van der Waals surface area contributed by atoms with Crippen molar-refractivity contribution in [3.63, 3.8) is 0 Å². The molecule has 0 radical (unpaired) electrons. The zero-order valence-electron chi connectivity index (χ0n) is 8.66. The number of nitrogens with zero attached hydrogens (tertiary/aromatic N) is 2. The molecule has 0 unspecified atom stereocenters. The molecule has 0 amide bonds. The van der Waals surface area contributed by atoms with Gasteiger partial charge in [0, 0.05) is 12.6 Å². The fourth-order valence-corrected chi connectivity index (χ4v) is 1.76. The highest BCUT2D eigenvalue weighted by molar-refractivity contribution is 5.10. The van der Waals surface area contributed by atoms with Gasteiger partial charge in [-0.15, -0.1) is 0 Å². The minimum Gasteiger partial charge on any atom is -0.476 e. The summed E-state index contributed by atoms with van der Waals surface area (Å²) in [5, 5.41) is 0. The Morgan fingerprint density at radius 1 is 1.33 bits per heavy atom. The maximum absolute atomic E-state index is 12.7. The second-order valence-corrected chi connectivity index (χ2v) is 3.70. The number of pyridine rings is 1. The molecule has 0 N–H and O–H groups in total. The lowest BCUT2D eigenvalue weighted by Gasteiger charge is -2.14. The second-order valence-electron chi connectivity index (χ2n) is 3.70. The quantitative estimate of drug-likeness (QED) is 0.707. The molecule has 1 aromatic rings. The first-order valence-corrected chi connectivity index (χ1v) is 5.32. The molecule has 2 heterocycles. The van der Waals surface area contributed by atoms with Crippen molar-refractivity contribution in [3.8, 4) is 5.88 Å². The standard InChI is InChI=1S/C11H15FN2O/c12-10-4-3-5-11(13-10)15-9-8-14-6-1-2-7-14/h3-5H,1-2,6-9H2. The maximum Gasteiger partial charge on any atom is 0.216 e. The van der Waals surface area contributed by atoms with Crippen LogP contribution >= 0.6 is 0 Å². The number of hydrogen-bond donors (Lipinski definition) is 0. The number of rotatable bonds is 4. The molecule has 0 spiro atoms. The molecule has 1 aliphatic heterocycles. The Kier molecular flexibility index (Phi) is 3.50. The van der Waals surface area contributed by atoms with Gasteiger partial charge < -0.3 is 4.74 Å². The number of ether oxygens (including phenoxy) is 1. The predicted molar refractivity (Wildman–Crippen MR) is 55.4 cm³/mol. The summed E-state index contributed by atoms with van der Waals surface area (Å²) in [5.74, 6) is -0.122. The Balaban J connectivity index is 1.73. The van der Waals surface area contributed by atoms with Crippen molar-refractivity contribution in [2.45, 2.75) is 12.8 Å². The van der Waals surface area contributed by atoms with E-state index in [-0.39, 0.29) is 0 Å². The van der Waals surface area contributed by atoms with E-state index >= 15 is 0 Å². The summed E-state index contributed by atoms with van der Waals surface area (Å²) in [5.41, 5.74) is 0. The molecule has 0 aliphatic carbocycles. The van der Waals surface area contributed by atoms with Crippen LogP contribution < -0.4 is 4.74 Å². The Labute approximate surface area is 88.9 Å². The Bertz CT molecular complexity index is 313. The van der Waals surface area contributed by atoms with Gasteiger partial charge in [-0.1, -0.05) is 6.07 Å². The molecule has 1 aromatic heterocycles. The van der Waals surface area contributed by atoms with Gasteiger partial charge in [0.25, 0.3) is 0 Å². The van der Waals surface area contributed by atoms with Crippen LogP contribution in [-0.4, -0.2) is 36.1 Å². The lowest BCUT2D eigenvalue weighted by atomic mass is 10.4. The average Bonchev–Trinajstić information content (AvgIpc) is 2.71. The van der Waals surface area contributed by atoms with Crippen molar-refractivity contribution in [1.29, 1.82) is 0 Å². The summed E-state index contributed by atoms with van der Waals surface area (Å²) in [6, 6.07) is 4.59. The van der Waals surface area contributed by atoms with Gasteiger partial charge in [-0.2, -0.15) is 9.37 Å². The highest BCUT2D eigenvalue weighted by Crippen LogP contribution is 2.08. The number of hydrogen-bond acceptors (Lipinski definition) is 3. The summed E-state index contributed by atoms with van der Waals surface area (Å²) < 4.78 is 18.0. The molecule has 0 saturated carbocycles. The molecule has 82 valence electrons. The van der Waals surface area contributed by atoms with Gasteiger partial charge in [0.05, 0.1) is 0 Å². The zero-order valence-corrected chi connectivity index (χ0v) is 8.66. The molecular weight excluding hydrogens is 195 g/mol. The van der Waals surface area contributed by atoms with Crippen LogP contribution in [0.2, 0.25) is 0 Å². The van der Waals surface area contributed by atoms with Crippen LogP contribution in [0.1, 0.15) is 12.8 Å². The summed E-state index contributed by atoms with van der Waals surface area (Å²) >= 11 is 0. The summed E-state index contributed by atoms with van der Waals surface area (Å²) in [4.78, 5) is 5.98. The van der Waals surface area contributed by atoms with Gasteiger partial charge in [-0.25, -0.2) is 0 Å². The predicted octanol–water partition coefficient (Wildman–Crippen LogP) is 1.70. The van der Waals surface area contributed by atoms with Gasteiger partial charge in [0.15, 0.2) is 0 Å². The van der Waals surface area contributed by atoms with Crippen LogP contribution in [-0.2, 0) is 0 Å². The topological polar surface area (TPSA) is 25.4 Å². The third kappa shape index (κ3) is 3.16. The first kappa shape index (κ1) is 10.4. The highest BCUT2D eigenvalue weighted by atomic mass is 19.1. The molecule has 0 aromatic carbocycles. The van der Waals surface area contributed by atoms with Crippen LogP contribution in [0.25, 0.3) is 0 Å². The van der Waals surface area contributed by atoms with E-state index < -0.39 is 5.95 Å². The number of halogens is 1. The van der Waals surface area contributed by atoms with Crippen molar-refractivity contribution in [2.24, 2.45) is 0 Å². The van der Waals surface area contributed by atoms with E-state index in [0.717, 1.165) is 19.6 Å². The SMILES string of the molecule is Fc1cccc(OCCN2CCCC2)n1. The first-order valence-electron chi connectivity index (χ1n) is 5.32. The molecule has 0 atom stereocenters. The van der Waals surface area contributed by atoms with Crippen molar-refractivity contribution in [2.75, 3.05) is 26.2 Å². The van der Waals surface area contributed by atoms with E-state index in [1.54, 1.807) is 12.1 Å². The summed E-state index contributed by atoms with van der Waals surface area (Å²) in [7, 11) is 0. The van der Waals surface area contributed by atoms with Crippen molar-refractivity contribution in [3.05, 3.63) is 24.1 Å². The molecule has 3 nitrogen and oxygen atoms in total. The summed E-state index contributed by atoms with van der Waals surface area (Å²) in [6.45, 7) is 3.79. The van der Waals surface area contributed by atoms with Gasteiger partial charge in [0.1, 0.15) is 6.61 Å². The second kappa shape index (κ2) is 5.07. The van der Waals surface area contributed by atoms with Crippen molar-refractivity contribution in [1.82, 2.24) is 9.88 Å². The van der Waals surface area contributed by atoms with Gasteiger partial charge in [-0.05, 0) is 32.0 Å². The largest absolute Gasteiger partial charge is 0.476 e. The number of aromatic nitrogens is 1. The lowest BCUT2D eigenvalue weighted by Crippen LogP contribution is -2.25. The van der Waals surface area contributed by atoms with Crippen LogP contribution in [0.15, 0.2) is 18.2 Å². The zero-order chi connectivity index (χ0) is 10.5. The molecule has 1 fully saturated rings. The Morgan fingerprint density at radius 2 is 2.13 bits per heavy atom. The van der Waals surface area contributed by atoms with E-state index in [0.29, 0.717) is 12.5 Å². The first-order chi connectivity index (χ1) is 7.34. The van der Waals surface area contributed by atoms with Gasteiger partial charge in [-0.3, -0.25) is 4.90 Å². The molecule has 4 heteroatoms. The van der Waals surface area contributed by atoms with E-state index in [1.807, 2.05) is 0 Å². The van der Waals surface area contributed by atoms with E-state index in [1.165, 1.54) is 18.9 Å². The van der Waals surface area contributed by atoms with Crippen molar-refractivity contribution < 1.29 is 9.13 Å². The third-order valence-corrected chi connectivity index (χ3v) is 2.55. The monoisotopic (exact) mass is 210 g/mol. The fourth-order valence-electron chi connectivity index (χ4n) is 1.76. The Morgan fingerprint density at radius 3 is 2.87 bits per heavy atom. The summed E-state index contributed by atoms with van der Waals surface area (Å²) in [6.07, 6.45) is 2.55. The van der Waals surface area contributed by atoms with E-state index in [2.05, 4.69) is 9.88 Å². The fraction of sp³-hybridized carbons (Fsp3) is 0.545. The minimum absolute atomic E-state index is 0.370. The lowest BCUT2D eigenvalue weighted by molar-refractivity contribution is 0.230.